The fraction of sp³-hybridized carbons (Fsp3) is 0.400. The second kappa shape index (κ2) is 6.84. The van der Waals surface area contributed by atoms with Crippen molar-refractivity contribution in [2.45, 2.75) is 33.1 Å². The second-order valence-corrected chi connectivity index (χ2v) is 4.91. The maximum absolute atomic E-state index is 11.8. The second-order valence-electron chi connectivity index (χ2n) is 4.91. The van der Waals surface area contributed by atoms with E-state index in [0.717, 1.165) is 18.5 Å². The van der Waals surface area contributed by atoms with Crippen LogP contribution in [-0.4, -0.2) is 21.0 Å². The van der Waals surface area contributed by atoms with E-state index in [1.54, 1.807) is 29.2 Å². The van der Waals surface area contributed by atoms with Crippen LogP contribution >= 0.6 is 0 Å². The van der Waals surface area contributed by atoms with Crippen molar-refractivity contribution in [1.82, 2.24) is 15.0 Å². The molecule has 0 aliphatic heterocycles. The average Bonchev–Trinajstić information content (AvgIpc) is 2.93. The highest BCUT2D eigenvalue weighted by molar-refractivity contribution is 5.72. The van der Waals surface area contributed by atoms with Crippen molar-refractivity contribution < 1.29 is 9.53 Å². The first-order valence-corrected chi connectivity index (χ1v) is 6.86. The molecule has 0 N–H and O–H groups in total. The molecule has 1 atom stereocenters. The van der Waals surface area contributed by atoms with Crippen LogP contribution < -0.4 is 4.74 Å². The summed E-state index contributed by atoms with van der Waals surface area (Å²) in [6, 6.07) is 7.21. The summed E-state index contributed by atoms with van der Waals surface area (Å²) in [7, 11) is 0. The molecule has 0 spiro atoms. The zero-order valence-corrected chi connectivity index (χ0v) is 11.8. The van der Waals surface area contributed by atoms with Gasteiger partial charge in [0.1, 0.15) is 5.75 Å². The van der Waals surface area contributed by atoms with Gasteiger partial charge < -0.3 is 4.74 Å². The number of hydrogen-bond donors (Lipinski definition) is 0. The molecule has 1 aromatic heterocycles. The standard InChI is InChI=1S/C15H19N3O2/c1-3-4-12(2)11-15(19)20-14-7-5-13(6-8-14)18-10-9-16-17-18/h5-10,12H,3-4,11H2,1-2H3/t12-/m0/s1. The third-order valence-electron chi connectivity index (χ3n) is 3.05. The minimum Gasteiger partial charge on any atom is -0.427 e. The van der Waals surface area contributed by atoms with E-state index in [9.17, 15) is 4.79 Å². The summed E-state index contributed by atoms with van der Waals surface area (Å²) < 4.78 is 6.97. The predicted molar refractivity (Wildman–Crippen MR) is 75.7 cm³/mol. The molecule has 0 aliphatic carbocycles. The maximum atomic E-state index is 11.8. The molecule has 0 unspecified atom stereocenters. The molecule has 2 aromatic rings. The van der Waals surface area contributed by atoms with Crippen molar-refractivity contribution in [2.24, 2.45) is 5.92 Å². The van der Waals surface area contributed by atoms with Gasteiger partial charge in [0.05, 0.1) is 18.1 Å². The van der Waals surface area contributed by atoms with Crippen molar-refractivity contribution in [3.8, 4) is 11.4 Å². The molecule has 0 fully saturated rings. The number of carbonyl (C=O) groups excluding carboxylic acids is 1. The highest BCUT2D eigenvalue weighted by Crippen LogP contribution is 2.17. The first-order valence-electron chi connectivity index (χ1n) is 6.86. The fourth-order valence-corrected chi connectivity index (χ4v) is 2.07. The molecular weight excluding hydrogens is 254 g/mol. The first-order chi connectivity index (χ1) is 9.69. The lowest BCUT2D eigenvalue weighted by Gasteiger charge is -2.09. The van der Waals surface area contributed by atoms with Crippen molar-refractivity contribution in [3.05, 3.63) is 36.7 Å². The summed E-state index contributed by atoms with van der Waals surface area (Å²) in [5, 5.41) is 7.64. The molecule has 20 heavy (non-hydrogen) atoms. The Kier molecular flexibility index (Phi) is 4.87. The topological polar surface area (TPSA) is 57.0 Å². The Hall–Kier alpha value is -2.17. The number of aromatic nitrogens is 3. The lowest BCUT2D eigenvalue weighted by Crippen LogP contribution is -2.12. The Morgan fingerprint density at radius 2 is 2.10 bits per heavy atom. The molecule has 5 heteroatoms. The smallest absolute Gasteiger partial charge is 0.311 e. The number of rotatable bonds is 6. The third-order valence-corrected chi connectivity index (χ3v) is 3.05. The van der Waals surface area contributed by atoms with Gasteiger partial charge in [-0.3, -0.25) is 4.79 Å². The number of nitrogens with zero attached hydrogens (tertiary/aromatic N) is 3. The number of benzene rings is 1. The summed E-state index contributed by atoms with van der Waals surface area (Å²) in [4.78, 5) is 11.8. The van der Waals surface area contributed by atoms with E-state index in [1.165, 1.54) is 0 Å². The summed E-state index contributed by atoms with van der Waals surface area (Å²) in [6.07, 6.45) is 5.95. The largest absolute Gasteiger partial charge is 0.427 e. The van der Waals surface area contributed by atoms with Crippen LogP contribution in [0.1, 0.15) is 33.1 Å². The van der Waals surface area contributed by atoms with E-state index in [-0.39, 0.29) is 5.97 Å². The van der Waals surface area contributed by atoms with Crippen LogP contribution in [0.15, 0.2) is 36.7 Å². The minimum atomic E-state index is -0.181. The van der Waals surface area contributed by atoms with Crippen LogP contribution in [-0.2, 0) is 4.79 Å². The summed E-state index contributed by atoms with van der Waals surface area (Å²) in [5.74, 6) is 0.740. The van der Waals surface area contributed by atoms with Gasteiger partial charge in [-0.25, -0.2) is 4.68 Å². The number of carbonyl (C=O) groups is 1. The Morgan fingerprint density at radius 1 is 1.35 bits per heavy atom. The van der Waals surface area contributed by atoms with Gasteiger partial charge in [0.15, 0.2) is 0 Å². The Balaban J connectivity index is 1.92. The van der Waals surface area contributed by atoms with Gasteiger partial charge >= 0.3 is 5.97 Å². The van der Waals surface area contributed by atoms with Crippen molar-refractivity contribution >= 4 is 5.97 Å². The van der Waals surface area contributed by atoms with Gasteiger partial charge in [0.2, 0.25) is 0 Å². The van der Waals surface area contributed by atoms with Gasteiger partial charge in [-0.1, -0.05) is 31.9 Å². The summed E-state index contributed by atoms with van der Waals surface area (Å²) >= 11 is 0. The molecule has 0 saturated heterocycles. The zero-order valence-electron chi connectivity index (χ0n) is 11.8. The molecule has 0 bridgehead atoms. The quantitative estimate of drug-likeness (QED) is 0.599. The molecule has 106 valence electrons. The Bertz CT molecular complexity index is 535. The monoisotopic (exact) mass is 273 g/mol. The van der Waals surface area contributed by atoms with Gasteiger partial charge in [-0.2, -0.15) is 0 Å². The third kappa shape index (κ3) is 3.91. The van der Waals surface area contributed by atoms with Crippen LogP contribution in [0, 0.1) is 5.92 Å². The van der Waals surface area contributed by atoms with E-state index >= 15 is 0 Å². The van der Waals surface area contributed by atoms with E-state index < -0.39 is 0 Å². The fourth-order valence-electron chi connectivity index (χ4n) is 2.07. The van der Waals surface area contributed by atoms with E-state index in [4.69, 9.17) is 4.74 Å². The van der Waals surface area contributed by atoms with E-state index in [2.05, 4.69) is 24.2 Å². The lowest BCUT2D eigenvalue weighted by molar-refractivity contribution is -0.135. The molecule has 1 heterocycles. The summed E-state index contributed by atoms with van der Waals surface area (Å²) in [6.45, 7) is 4.18. The average molecular weight is 273 g/mol. The zero-order chi connectivity index (χ0) is 14.4. The molecule has 2 rings (SSSR count). The molecule has 0 aliphatic rings. The van der Waals surface area contributed by atoms with Crippen molar-refractivity contribution in [2.75, 3.05) is 0 Å². The number of ether oxygens (including phenoxy) is 1. The normalized spacial score (nSPS) is 12.1. The highest BCUT2D eigenvalue weighted by atomic mass is 16.5. The van der Waals surface area contributed by atoms with Crippen molar-refractivity contribution in [3.63, 3.8) is 0 Å². The van der Waals surface area contributed by atoms with E-state index in [0.29, 0.717) is 18.1 Å². The molecule has 0 radical (unpaired) electrons. The van der Waals surface area contributed by atoms with Crippen LogP contribution in [0.2, 0.25) is 0 Å². The van der Waals surface area contributed by atoms with Crippen LogP contribution in [0.3, 0.4) is 0 Å². The summed E-state index contributed by atoms with van der Waals surface area (Å²) in [5.41, 5.74) is 0.877. The van der Waals surface area contributed by atoms with Gasteiger partial charge in [0, 0.05) is 6.42 Å². The van der Waals surface area contributed by atoms with Gasteiger partial charge in [-0.15, -0.1) is 5.10 Å². The molecule has 0 saturated carbocycles. The highest BCUT2D eigenvalue weighted by Gasteiger charge is 2.10. The molecular formula is C15H19N3O2. The Labute approximate surface area is 118 Å². The van der Waals surface area contributed by atoms with Gasteiger partial charge in [-0.05, 0) is 30.2 Å². The number of hydrogen-bond acceptors (Lipinski definition) is 4. The molecule has 5 nitrogen and oxygen atoms in total. The van der Waals surface area contributed by atoms with E-state index in [1.807, 2.05) is 12.1 Å². The van der Waals surface area contributed by atoms with Gasteiger partial charge in [0.25, 0.3) is 0 Å². The number of esters is 1. The van der Waals surface area contributed by atoms with Crippen LogP contribution in [0.25, 0.3) is 5.69 Å². The van der Waals surface area contributed by atoms with Crippen molar-refractivity contribution in [1.29, 1.82) is 0 Å². The predicted octanol–water partition coefficient (Wildman–Crippen LogP) is 3.00. The molecule has 0 amide bonds. The lowest BCUT2D eigenvalue weighted by atomic mass is 10.0. The molecule has 1 aromatic carbocycles. The first kappa shape index (κ1) is 14.2. The maximum Gasteiger partial charge on any atom is 0.311 e. The SMILES string of the molecule is CCC[C@H](C)CC(=O)Oc1ccc(-n2ccnn2)cc1. The van der Waals surface area contributed by atoms with Crippen LogP contribution in [0.5, 0.6) is 5.75 Å². The van der Waals surface area contributed by atoms with Crippen LogP contribution in [0.4, 0.5) is 0 Å². The minimum absolute atomic E-state index is 0.181. The Morgan fingerprint density at radius 3 is 2.70 bits per heavy atom.